The predicted molar refractivity (Wildman–Crippen MR) is 88.1 cm³/mol. The smallest absolute Gasteiger partial charge is 0.137 e. The molecule has 0 radical (unpaired) electrons. The summed E-state index contributed by atoms with van der Waals surface area (Å²) < 4.78 is 5.87. The van der Waals surface area contributed by atoms with Crippen molar-refractivity contribution in [2.24, 2.45) is 0 Å². The Morgan fingerprint density at radius 2 is 2.00 bits per heavy atom. The molecule has 2 fully saturated rings. The van der Waals surface area contributed by atoms with E-state index in [1.165, 1.54) is 35.0 Å². The molecular formula is C18H25N3O. The molecule has 2 atom stereocenters. The van der Waals surface area contributed by atoms with Crippen molar-refractivity contribution in [1.29, 1.82) is 0 Å². The van der Waals surface area contributed by atoms with E-state index < -0.39 is 0 Å². The van der Waals surface area contributed by atoms with Gasteiger partial charge in [-0.25, -0.2) is 4.98 Å². The van der Waals surface area contributed by atoms with Crippen LogP contribution in [0.2, 0.25) is 0 Å². The topological polar surface area (TPSA) is 41.2 Å². The molecule has 4 rings (SSSR count). The van der Waals surface area contributed by atoms with Gasteiger partial charge in [-0.3, -0.25) is 4.90 Å². The van der Waals surface area contributed by atoms with Crippen molar-refractivity contribution < 1.29 is 4.74 Å². The summed E-state index contributed by atoms with van der Waals surface area (Å²) in [5, 5.41) is 1.31. The fourth-order valence-electron chi connectivity index (χ4n) is 3.77. The molecule has 4 heteroatoms. The third-order valence-electron chi connectivity index (χ3n) is 4.79. The average Bonchev–Trinajstić information content (AvgIpc) is 3.23. The molecule has 118 valence electrons. The van der Waals surface area contributed by atoms with Gasteiger partial charge < -0.3 is 9.72 Å². The van der Waals surface area contributed by atoms with Gasteiger partial charge in [0.25, 0.3) is 0 Å². The third-order valence-corrected chi connectivity index (χ3v) is 4.79. The molecule has 0 spiro atoms. The SMILES string of the molecule is Cc1cnc2[nH]c(C3CC3)c(CN3CC(C)OC(C)C3)c2c1. The number of aromatic amines is 1. The molecule has 1 saturated carbocycles. The summed E-state index contributed by atoms with van der Waals surface area (Å²) in [7, 11) is 0. The van der Waals surface area contributed by atoms with E-state index in [0.717, 1.165) is 31.2 Å². The van der Waals surface area contributed by atoms with Crippen molar-refractivity contribution in [1.82, 2.24) is 14.9 Å². The lowest BCUT2D eigenvalue weighted by atomic mass is 10.1. The van der Waals surface area contributed by atoms with Crippen LogP contribution < -0.4 is 0 Å². The molecular weight excluding hydrogens is 274 g/mol. The van der Waals surface area contributed by atoms with Gasteiger partial charge in [0.05, 0.1) is 12.2 Å². The Morgan fingerprint density at radius 1 is 1.27 bits per heavy atom. The lowest BCUT2D eigenvalue weighted by Crippen LogP contribution is -2.44. The first-order chi connectivity index (χ1) is 10.6. The minimum absolute atomic E-state index is 0.318. The van der Waals surface area contributed by atoms with Gasteiger partial charge in [-0.2, -0.15) is 0 Å². The van der Waals surface area contributed by atoms with Crippen molar-refractivity contribution in [3.63, 3.8) is 0 Å². The molecule has 2 aromatic rings. The summed E-state index contributed by atoms with van der Waals surface area (Å²) in [6.07, 6.45) is 5.22. The standard InChI is InChI=1S/C18H25N3O/c1-11-6-15-16(10-21-8-12(2)22-13(3)9-21)17(14-4-5-14)20-18(15)19-7-11/h6-7,12-14H,4-5,8-10H2,1-3H3,(H,19,20). The minimum Gasteiger partial charge on any atom is -0.373 e. The minimum atomic E-state index is 0.318. The highest BCUT2D eigenvalue weighted by Crippen LogP contribution is 2.43. The van der Waals surface area contributed by atoms with Gasteiger partial charge in [-0.1, -0.05) is 0 Å². The van der Waals surface area contributed by atoms with Gasteiger partial charge in [-0.05, 0) is 56.7 Å². The molecule has 1 aliphatic carbocycles. The monoisotopic (exact) mass is 299 g/mol. The Labute approximate surface area is 131 Å². The number of ether oxygens (including phenoxy) is 1. The number of H-pyrrole nitrogens is 1. The summed E-state index contributed by atoms with van der Waals surface area (Å²) in [6, 6.07) is 2.29. The van der Waals surface area contributed by atoms with Crippen LogP contribution in [0.15, 0.2) is 12.3 Å². The summed E-state index contributed by atoms with van der Waals surface area (Å²) in [5.74, 6) is 0.723. The number of nitrogens with one attached hydrogen (secondary N) is 1. The summed E-state index contributed by atoms with van der Waals surface area (Å²) in [4.78, 5) is 10.7. The molecule has 2 aliphatic rings. The van der Waals surface area contributed by atoms with E-state index in [9.17, 15) is 0 Å². The van der Waals surface area contributed by atoms with Crippen LogP contribution in [0.5, 0.6) is 0 Å². The van der Waals surface area contributed by atoms with Gasteiger partial charge in [0, 0.05) is 36.9 Å². The van der Waals surface area contributed by atoms with Gasteiger partial charge in [0.2, 0.25) is 0 Å². The summed E-state index contributed by atoms with van der Waals surface area (Å²) in [5.41, 5.74) is 5.19. The second-order valence-electron chi connectivity index (χ2n) is 7.15. The number of nitrogens with zero attached hydrogens (tertiary/aromatic N) is 2. The van der Waals surface area contributed by atoms with Crippen molar-refractivity contribution in [2.75, 3.05) is 13.1 Å². The van der Waals surface area contributed by atoms with E-state index in [1.54, 1.807) is 0 Å². The number of rotatable bonds is 3. The lowest BCUT2D eigenvalue weighted by molar-refractivity contribution is -0.0704. The molecule has 0 bridgehead atoms. The molecule has 0 aromatic carbocycles. The molecule has 4 nitrogen and oxygen atoms in total. The van der Waals surface area contributed by atoms with E-state index >= 15 is 0 Å². The maximum Gasteiger partial charge on any atom is 0.137 e. The Bertz CT molecular complexity index is 679. The summed E-state index contributed by atoms with van der Waals surface area (Å²) in [6.45, 7) is 9.51. The molecule has 0 amide bonds. The van der Waals surface area contributed by atoms with Crippen LogP contribution in [0.3, 0.4) is 0 Å². The van der Waals surface area contributed by atoms with Crippen LogP contribution in [-0.2, 0) is 11.3 Å². The first-order valence-electron chi connectivity index (χ1n) is 8.45. The van der Waals surface area contributed by atoms with Crippen LogP contribution in [0.4, 0.5) is 0 Å². The number of hydrogen-bond acceptors (Lipinski definition) is 3. The first-order valence-corrected chi connectivity index (χ1v) is 8.45. The Morgan fingerprint density at radius 3 is 2.68 bits per heavy atom. The molecule has 1 aliphatic heterocycles. The normalized spacial score (nSPS) is 26.7. The van der Waals surface area contributed by atoms with Crippen molar-refractivity contribution >= 4 is 11.0 Å². The van der Waals surface area contributed by atoms with E-state index in [-0.39, 0.29) is 0 Å². The zero-order chi connectivity index (χ0) is 15.3. The van der Waals surface area contributed by atoms with Crippen LogP contribution in [0, 0.1) is 6.92 Å². The van der Waals surface area contributed by atoms with Crippen LogP contribution in [0.1, 0.15) is 49.4 Å². The molecule has 2 unspecified atom stereocenters. The third kappa shape index (κ3) is 2.66. The lowest BCUT2D eigenvalue weighted by Gasteiger charge is -2.35. The van der Waals surface area contributed by atoms with Gasteiger partial charge in [0.1, 0.15) is 5.65 Å². The summed E-state index contributed by atoms with van der Waals surface area (Å²) >= 11 is 0. The zero-order valence-corrected chi connectivity index (χ0v) is 13.7. The Kier molecular flexibility index (Phi) is 3.46. The number of hydrogen-bond donors (Lipinski definition) is 1. The van der Waals surface area contributed by atoms with Gasteiger partial charge in [0.15, 0.2) is 0 Å². The molecule has 3 heterocycles. The van der Waals surface area contributed by atoms with Gasteiger partial charge in [-0.15, -0.1) is 0 Å². The largest absolute Gasteiger partial charge is 0.373 e. The first kappa shape index (κ1) is 14.2. The Hall–Kier alpha value is -1.39. The highest BCUT2D eigenvalue weighted by molar-refractivity contribution is 5.82. The van der Waals surface area contributed by atoms with Gasteiger partial charge >= 0.3 is 0 Å². The quantitative estimate of drug-likeness (QED) is 0.945. The fraction of sp³-hybridized carbons (Fsp3) is 0.611. The molecule has 2 aromatic heterocycles. The van der Waals surface area contributed by atoms with Crippen molar-refractivity contribution in [3.05, 3.63) is 29.1 Å². The maximum atomic E-state index is 5.87. The number of pyridine rings is 1. The maximum absolute atomic E-state index is 5.87. The van der Waals surface area contributed by atoms with Crippen LogP contribution >= 0.6 is 0 Å². The van der Waals surface area contributed by atoms with Crippen LogP contribution in [0.25, 0.3) is 11.0 Å². The Balaban J connectivity index is 1.70. The molecule has 22 heavy (non-hydrogen) atoms. The average molecular weight is 299 g/mol. The predicted octanol–water partition coefficient (Wildman–Crippen LogP) is 3.36. The van der Waals surface area contributed by atoms with E-state index in [4.69, 9.17) is 4.74 Å². The fourth-order valence-corrected chi connectivity index (χ4v) is 3.77. The van der Waals surface area contributed by atoms with E-state index in [1.807, 2.05) is 6.20 Å². The second-order valence-corrected chi connectivity index (χ2v) is 7.15. The zero-order valence-electron chi connectivity index (χ0n) is 13.7. The van der Waals surface area contributed by atoms with Crippen LogP contribution in [-0.4, -0.2) is 40.2 Å². The van der Waals surface area contributed by atoms with E-state index in [2.05, 4.69) is 41.7 Å². The number of aryl methyl sites for hydroxylation is 1. The highest BCUT2D eigenvalue weighted by atomic mass is 16.5. The van der Waals surface area contributed by atoms with E-state index in [0.29, 0.717) is 12.2 Å². The van der Waals surface area contributed by atoms with Crippen molar-refractivity contribution in [2.45, 2.75) is 58.3 Å². The number of aromatic nitrogens is 2. The van der Waals surface area contributed by atoms with Crippen molar-refractivity contribution in [3.8, 4) is 0 Å². The molecule has 1 N–H and O–H groups in total. The number of fused-ring (bicyclic) bond motifs is 1. The molecule has 1 saturated heterocycles. The second kappa shape index (κ2) is 5.36. The highest BCUT2D eigenvalue weighted by Gasteiger charge is 2.31. The number of morpholine rings is 1.